The summed E-state index contributed by atoms with van der Waals surface area (Å²) in [6.45, 7) is 4.67. The summed E-state index contributed by atoms with van der Waals surface area (Å²) >= 11 is 1.37. The fourth-order valence-electron chi connectivity index (χ4n) is 2.29. The Bertz CT molecular complexity index is 638. The van der Waals surface area contributed by atoms with Crippen LogP contribution in [-0.4, -0.2) is 30.6 Å². The number of aromatic nitrogens is 1. The number of ether oxygens (including phenoxy) is 1. The van der Waals surface area contributed by atoms with Gasteiger partial charge in [-0.15, -0.1) is 11.3 Å². The lowest BCUT2D eigenvalue weighted by molar-refractivity contribution is 0.0937. The molecular weight excluding hydrogens is 310 g/mol. The first kappa shape index (κ1) is 17.4. The van der Waals surface area contributed by atoms with Crippen LogP contribution < -0.4 is 15.8 Å². The van der Waals surface area contributed by atoms with E-state index in [1.807, 2.05) is 24.3 Å². The molecule has 124 valence electrons. The van der Waals surface area contributed by atoms with E-state index < -0.39 is 0 Å². The molecular formula is C17H23N3O2S. The highest BCUT2D eigenvalue weighted by Crippen LogP contribution is 2.26. The molecule has 2 rings (SSSR count). The zero-order valence-electron chi connectivity index (χ0n) is 13.7. The predicted molar refractivity (Wildman–Crippen MR) is 93.9 cm³/mol. The van der Waals surface area contributed by atoms with Crippen LogP contribution in [0.4, 0.5) is 0 Å². The molecule has 0 bridgehead atoms. The molecule has 1 unspecified atom stereocenters. The Kier molecular flexibility index (Phi) is 6.12. The van der Waals surface area contributed by atoms with Crippen molar-refractivity contribution in [1.29, 1.82) is 0 Å². The first-order valence-corrected chi connectivity index (χ1v) is 8.46. The van der Waals surface area contributed by atoms with E-state index in [0.717, 1.165) is 22.7 Å². The molecule has 23 heavy (non-hydrogen) atoms. The maximum atomic E-state index is 12.3. The normalized spacial score (nSPS) is 12.2. The van der Waals surface area contributed by atoms with Crippen LogP contribution in [0, 0.1) is 5.92 Å². The summed E-state index contributed by atoms with van der Waals surface area (Å²) in [7, 11) is 1.63. The van der Waals surface area contributed by atoms with E-state index in [2.05, 4.69) is 24.1 Å². The molecule has 0 aliphatic heterocycles. The number of methoxy groups -OCH3 is 1. The van der Waals surface area contributed by atoms with E-state index in [4.69, 9.17) is 10.5 Å². The van der Waals surface area contributed by atoms with Gasteiger partial charge in [0.2, 0.25) is 0 Å². The van der Waals surface area contributed by atoms with Crippen molar-refractivity contribution < 1.29 is 9.53 Å². The van der Waals surface area contributed by atoms with Gasteiger partial charge in [0.05, 0.1) is 13.3 Å². The number of hydrogen-bond donors (Lipinski definition) is 2. The lowest BCUT2D eigenvalue weighted by Crippen LogP contribution is -2.40. The number of carbonyl (C=O) groups is 1. The van der Waals surface area contributed by atoms with Gasteiger partial charge in [-0.3, -0.25) is 4.79 Å². The molecule has 1 amide bonds. The highest BCUT2D eigenvalue weighted by molar-refractivity contribution is 7.16. The van der Waals surface area contributed by atoms with Gasteiger partial charge in [0.25, 0.3) is 5.91 Å². The van der Waals surface area contributed by atoms with Gasteiger partial charge in [0.15, 0.2) is 0 Å². The van der Waals surface area contributed by atoms with Crippen molar-refractivity contribution in [2.75, 3.05) is 13.7 Å². The van der Waals surface area contributed by atoms with Crippen molar-refractivity contribution in [2.24, 2.45) is 11.7 Å². The topological polar surface area (TPSA) is 77.2 Å². The molecule has 6 heteroatoms. The molecule has 0 spiro atoms. The second kappa shape index (κ2) is 8.08. The van der Waals surface area contributed by atoms with Crippen LogP contribution >= 0.6 is 11.3 Å². The number of rotatable bonds is 7. The van der Waals surface area contributed by atoms with Crippen LogP contribution in [0.2, 0.25) is 0 Å². The molecule has 0 fully saturated rings. The quantitative estimate of drug-likeness (QED) is 0.817. The summed E-state index contributed by atoms with van der Waals surface area (Å²) in [6.07, 6.45) is 2.48. The fraction of sp³-hybridized carbons (Fsp3) is 0.412. The van der Waals surface area contributed by atoms with Crippen molar-refractivity contribution >= 4 is 17.2 Å². The molecule has 0 saturated carbocycles. The van der Waals surface area contributed by atoms with Crippen molar-refractivity contribution in [3.63, 3.8) is 0 Å². The van der Waals surface area contributed by atoms with E-state index in [1.54, 1.807) is 13.3 Å². The number of nitrogens with zero attached hydrogens (tertiary/aromatic N) is 1. The van der Waals surface area contributed by atoms with E-state index in [9.17, 15) is 4.79 Å². The maximum absolute atomic E-state index is 12.3. The molecule has 0 aliphatic rings. The van der Waals surface area contributed by atoms with Crippen LogP contribution in [0.1, 0.15) is 29.9 Å². The van der Waals surface area contributed by atoms with E-state index in [0.29, 0.717) is 17.3 Å². The Balaban J connectivity index is 2.06. The lowest BCUT2D eigenvalue weighted by atomic mass is 10.0. The zero-order chi connectivity index (χ0) is 16.8. The average molecular weight is 333 g/mol. The molecule has 0 radical (unpaired) electrons. The highest BCUT2D eigenvalue weighted by Gasteiger charge is 2.16. The van der Waals surface area contributed by atoms with Gasteiger partial charge in [0, 0.05) is 18.2 Å². The number of thiazole rings is 1. The van der Waals surface area contributed by atoms with E-state index in [1.165, 1.54) is 11.3 Å². The monoisotopic (exact) mass is 333 g/mol. The number of benzene rings is 1. The number of amides is 1. The van der Waals surface area contributed by atoms with Gasteiger partial charge in [-0.05, 0) is 36.6 Å². The molecule has 0 aliphatic carbocycles. The van der Waals surface area contributed by atoms with Crippen LogP contribution in [0.3, 0.4) is 0 Å². The van der Waals surface area contributed by atoms with Gasteiger partial charge in [-0.1, -0.05) is 13.8 Å². The number of hydrogen-bond acceptors (Lipinski definition) is 5. The first-order valence-electron chi connectivity index (χ1n) is 7.64. The minimum atomic E-state index is -0.113. The van der Waals surface area contributed by atoms with Gasteiger partial charge >= 0.3 is 0 Å². The lowest BCUT2D eigenvalue weighted by Gasteiger charge is -2.18. The van der Waals surface area contributed by atoms with Gasteiger partial charge < -0.3 is 15.8 Å². The van der Waals surface area contributed by atoms with E-state index >= 15 is 0 Å². The zero-order valence-corrected chi connectivity index (χ0v) is 14.5. The number of carbonyl (C=O) groups excluding carboxylic acids is 1. The summed E-state index contributed by atoms with van der Waals surface area (Å²) in [4.78, 5) is 17.3. The Hall–Kier alpha value is -1.92. The van der Waals surface area contributed by atoms with Crippen molar-refractivity contribution in [3.8, 4) is 16.3 Å². The average Bonchev–Trinajstić information content (AvgIpc) is 3.04. The summed E-state index contributed by atoms with van der Waals surface area (Å²) in [5.74, 6) is 1.17. The summed E-state index contributed by atoms with van der Waals surface area (Å²) < 4.78 is 5.14. The standard InChI is InChI=1S/C17H23N3O2S/c1-11(2)8-13(9-18)20-16(21)15-10-19-17(23-15)12-4-6-14(22-3)7-5-12/h4-7,10-11,13H,8-9,18H2,1-3H3,(H,20,21). The molecule has 1 aromatic heterocycles. The second-order valence-corrected chi connectivity index (χ2v) is 6.82. The van der Waals surface area contributed by atoms with Crippen LogP contribution in [-0.2, 0) is 0 Å². The Morgan fingerprint density at radius 1 is 1.35 bits per heavy atom. The molecule has 3 N–H and O–H groups in total. The predicted octanol–water partition coefficient (Wildman–Crippen LogP) is 2.92. The third kappa shape index (κ3) is 4.77. The molecule has 2 aromatic rings. The summed E-state index contributed by atoms with van der Waals surface area (Å²) in [5, 5.41) is 3.79. The number of nitrogens with two attached hydrogens (primary N) is 1. The third-order valence-corrected chi connectivity index (χ3v) is 4.49. The summed E-state index contributed by atoms with van der Waals surface area (Å²) in [6, 6.07) is 7.61. The first-order chi connectivity index (χ1) is 11.0. The van der Waals surface area contributed by atoms with Crippen LogP contribution in [0.15, 0.2) is 30.5 Å². The van der Waals surface area contributed by atoms with Gasteiger partial charge in [-0.25, -0.2) is 4.98 Å². The fourth-order valence-corrected chi connectivity index (χ4v) is 3.11. The number of nitrogens with one attached hydrogen (secondary N) is 1. The smallest absolute Gasteiger partial charge is 0.263 e. The SMILES string of the molecule is COc1ccc(-c2ncc(C(=O)NC(CN)CC(C)C)s2)cc1. The third-order valence-electron chi connectivity index (χ3n) is 3.44. The van der Waals surface area contributed by atoms with E-state index in [-0.39, 0.29) is 11.9 Å². The second-order valence-electron chi connectivity index (χ2n) is 5.79. The van der Waals surface area contributed by atoms with Crippen molar-refractivity contribution in [2.45, 2.75) is 26.3 Å². The molecule has 0 saturated heterocycles. The van der Waals surface area contributed by atoms with Crippen LogP contribution in [0.5, 0.6) is 5.75 Å². The van der Waals surface area contributed by atoms with Crippen molar-refractivity contribution in [3.05, 3.63) is 35.3 Å². The molecule has 1 aromatic carbocycles. The van der Waals surface area contributed by atoms with Gasteiger partial charge in [0.1, 0.15) is 15.6 Å². The minimum Gasteiger partial charge on any atom is -0.497 e. The summed E-state index contributed by atoms with van der Waals surface area (Å²) in [5.41, 5.74) is 6.70. The van der Waals surface area contributed by atoms with Crippen LogP contribution in [0.25, 0.3) is 10.6 Å². The Morgan fingerprint density at radius 2 is 2.04 bits per heavy atom. The van der Waals surface area contributed by atoms with Gasteiger partial charge in [-0.2, -0.15) is 0 Å². The largest absolute Gasteiger partial charge is 0.497 e. The molecule has 5 nitrogen and oxygen atoms in total. The maximum Gasteiger partial charge on any atom is 0.263 e. The minimum absolute atomic E-state index is 0.00552. The highest BCUT2D eigenvalue weighted by atomic mass is 32.1. The Labute approximate surface area is 140 Å². The Morgan fingerprint density at radius 3 is 2.61 bits per heavy atom. The molecule has 1 atom stereocenters. The van der Waals surface area contributed by atoms with Crippen molar-refractivity contribution in [1.82, 2.24) is 10.3 Å². The molecule has 1 heterocycles.